The van der Waals surface area contributed by atoms with Crippen LogP contribution in [0.25, 0.3) is 22.0 Å². The van der Waals surface area contributed by atoms with Gasteiger partial charge in [0.15, 0.2) is 0 Å². The number of carbonyl (C=O) groups is 1. The molecule has 7 nitrogen and oxygen atoms in total. The number of hydrogen-bond donors (Lipinski definition) is 2. The molecule has 0 aliphatic heterocycles. The Morgan fingerprint density at radius 3 is 2.62 bits per heavy atom. The Morgan fingerprint density at radius 2 is 2.00 bits per heavy atom. The van der Waals surface area contributed by atoms with E-state index in [1.165, 1.54) is 35.6 Å². The second-order valence-electron chi connectivity index (χ2n) is 6.83. The molecule has 2 atom stereocenters. The van der Waals surface area contributed by atoms with E-state index in [1.807, 2.05) is 6.07 Å². The molecule has 1 aromatic heterocycles. The maximum absolute atomic E-state index is 14.7. The van der Waals surface area contributed by atoms with E-state index in [9.17, 15) is 18.2 Å². The minimum Gasteiger partial charge on any atom is -0.299 e. The van der Waals surface area contributed by atoms with Crippen molar-refractivity contribution in [1.82, 2.24) is 15.0 Å². The third-order valence-corrected chi connectivity index (χ3v) is 6.70. The highest BCUT2D eigenvalue weighted by atomic mass is 32.2. The zero-order chi connectivity index (χ0) is 21.2. The van der Waals surface area contributed by atoms with Crippen LogP contribution in [0.3, 0.4) is 0 Å². The first kappa shape index (κ1) is 20.8. The second kappa shape index (κ2) is 8.22. The lowest BCUT2D eigenvalue weighted by Crippen LogP contribution is -2.47. The quantitative estimate of drug-likeness (QED) is 0.473. The Kier molecular flexibility index (Phi) is 5.90. The molecule has 0 saturated heterocycles. The molecule has 0 saturated carbocycles. The van der Waals surface area contributed by atoms with Gasteiger partial charge in [0.2, 0.25) is 0 Å². The SMILES string of the molecule is CS(=O)[C@](C)(CCn1cnc2cc(-c3ccccc3)c(F)cc2c1=O)C(=O)NO. The number of nitrogens with one attached hydrogen (secondary N) is 1. The predicted molar refractivity (Wildman–Crippen MR) is 108 cm³/mol. The number of nitrogens with zero attached hydrogens (tertiary/aromatic N) is 2. The van der Waals surface area contributed by atoms with Crippen LogP contribution in [0, 0.1) is 5.82 Å². The number of fused-ring (bicyclic) bond motifs is 1. The number of amides is 1. The topological polar surface area (TPSA) is 101 Å². The van der Waals surface area contributed by atoms with Crippen molar-refractivity contribution in [3.8, 4) is 11.1 Å². The molecule has 0 aliphatic carbocycles. The molecule has 2 N–H and O–H groups in total. The number of halogens is 1. The Hall–Kier alpha value is -2.91. The van der Waals surface area contributed by atoms with Gasteiger partial charge in [0.25, 0.3) is 11.5 Å². The minimum atomic E-state index is -1.60. The van der Waals surface area contributed by atoms with Crippen molar-refractivity contribution in [1.29, 1.82) is 0 Å². The molecule has 2 aromatic carbocycles. The van der Waals surface area contributed by atoms with Gasteiger partial charge in [-0.05, 0) is 31.0 Å². The van der Waals surface area contributed by atoms with Crippen LogP contribution < -0.4 is 11.0 Å². The lowest BCUT2D eigenvalue weighted by molar-refractivity contribution is -0.131. The first-order valence-electron chi connectivity index (χ1n) is 8.80. The fourth-order valence-electron chi connectivity index (χ4n) is 3.02. The fraction of sp³-hybridized carbons (Fsp3) is 0.250. The number of hydrogen-bond acceptors (Lipinski definition) is 5. The van der Waals surface area contributed by atoms with Crippen molar-refractivity contribution < 1.29 is 18.6 Å². The van der Waals surface area contributed by atoms with Crippen LogP contribution in [0.1, 0.15) is 13.3 Å². The fourth-order valence-corrected chi connectivity index (χ4v) is 3.70. The lowest BCUT2D eigenvalue weighted by Gasteiger charge is -2.24. The highest BCUT2D eigenvalue weighted by Crippen LogP contribution is 2.26. The van der Waals surface area contributed by atoms with E-state index in [2.05, 4.69) is 4.98 Å². The summed E-state index contributed by atoms with van der Waals surface area (Å²) in [6.07, 6.45) is 2.67. The van der Waals surface area contributed by atoms with Gasteiger partial charge < -0.3 is 0 Å². The van der Waals surface area contributed by atoms with E-state index in [-0.39, 0.29) is 18.4 Å². The monoisotopic (exact) mass is 417 g/mol. The molecular formula is C20H20FN3O4S. The molecule has 0 bridgehead atoms. The second-order valence-corrected chi connectivity index (χ2v) is 8.64. The molecule has 1 heterocycles. The first-order valence-corrected chi connectivity index (χ1v) is 10.4. The van der Waals surface area contributed by atoms with Gasteiger partial charge in [-0.25, -0.2) is 14.9 Å². The molecule has 0 spiro atoms. The van der Waals surface area contributed by atoms with Gasteiger partial charge in [0.05, 0.1) is 17.2 Å². The van der Waals surface area contributed by atoms with E-state index in [0.29, 0.717) is 16.6 Å². The molecular weight excluding hydrogens is 397 g/mol. The van der Waals surface area contributed by atoms with Crippen LogP contribution in [-0.2, 0) is 22.1 Å². The van der Waals surface area contributed by atoms with Crippen molar-refractivity contribution in [2.45, 2.75) is 24.6 Å². The summed E-state index contributed by atoms with van der Waals surface area (Å²) in [5.41, 5.74) is 2.41. The Bertz CT molecular complexity index is 1150. The zero-order valence-electron chi connectivity index (χ0n) is 15.9. The van der Waals surface area contributed by atoms with Gasteiger partial charge in [-0.15, -0.1) is 0 Å². The lowest BCUT2D eigenvalue weighted by atomic mass is 10.0. The van der Waals surface area contributed by atoms with E-state index in [1.54, 1.807) is 24.3 Å². The standard InChI is InChI=1S/C20H20FN3O4S/c1-20(29(2)28,19(26)23-27)8-9-24-12-22-17-11-14(13-6-4-3-5-7-13)16(21)10-15(17)18(24)25/h3-7,10-12,27H,8-9H2,1-2H3,(H,23,26)/t20-,29?/m1/s1. The summed E-state index contributed by atoms with van der Waals surface area (Å²) in [4.78, 5) is 28.9. The molecule has 3 aromatic rings. The number of hydroxylamine groups is 1. The number of aromatic nitrogens is 2. The largest absolute Gasteiger partial charge is 0.299 e. The van der Waals surface area contributed by atoms with Gasteiger partial charge in [-0.1, -0.05) is 30.3 Å². The molecule has 0 radical (unpaired) electrons. The summed E-state index contributed by atoms with van der Waals surface area (Å²) in [5, 5.41) is 9.01. The average Bonchev–Trinajstić information content (AvgIpc) is 2.73. The molecule has 1 unspecified atom stereocenters. The number of carbonyl (C=O) groups excluding carboxylic acids is 1. The predicted octanol–water partition coefficient (Wildman–Crippen LogP) is 2.24. The van der Waals surface area contributed by atoms with Crippen LogP contribution in [0.15, 0.2) is 53.6 Å². The maximum atomic E-state index is 14.7. The van der Waals surface area contributed by atoms with Crippen molar-refractivity contribution in [3.63, 3.8) is 0 Å². The zero-order valence-corrected chi connectivity index (χ0v) is 16.7. The average molecular weight is 417 g/mol. The molecule has 3 rings (SSSR count). The Morgan fingerprint density at radius 1 is 1.31 bits per heavy atom. The van der Waals surface area contributed by atoms with Crippen molar-refractivity contribution in [3.05, 3.63) is 65.0 Å². The normalized spacial score (nSPS) is 14.3. The number of rotatable bonds is 6. The number of aryl methyl sites for hydroxylation is 1. The van der Waals surface area contributed by atoms with Crippen molar-refractivity contribution in [2.75, 3.05) is 6.26 Å². The molecule has 152 valence electrons. The Labute approximate surface area is 168 Å². The van der Waals surface area contributed by atoms with Gasteiger partial charge in [0.1, 0.15) is 10.6 Å². The number of benzene rings is 2. The summed E-state index contributed by atoms with van der Waals surface area (Å²) in [5.74, 6) is -1.35. The molecule has 9 heteroatoms. The summed E-state index contributed by atoms with van der Waals surface area (Å²) < 4.78 is 26.5. The summed E-state index contributed by atoms with van der Waals surface area (Å²) in [6, 6.07) is 11.6. The van der Waals surface area contributed by atoms with E-state index in [0.717, 1.165) is 6.07 Å². The third kappa shape index (κ3) is 3.96. The Balaban J connectivity index is 1.98. The van der Waals surface area contributed by atoms with Crippen LogP contribution in [-0.4, -0.2) is 35.9 Å². The van der Waals surface area contributed by atoms with Gasteiger partial charge >= 0.3 is 0 Å². The van der Waals surface area contributed by atoms with Crippen LogP contribution in [0.5, 0.6) is 0 Å². The summed E-state index contributed by atoms with van der Waals surface area (Å²) in [6.45, 7) is 1.45. The molecule has 0 aliphatic rings. The van der Waals surface area contributed by atoms with Gasteiger partial charge in [0, 0.05) is 29.2 Å². The first-order chi connectivity index (χ1) is 13.8. The summed E-state index contributed by atoms with van der Waals surface area (Å²) >= 11 is 0. The highest BCUT2D eigenvalue weighted by molar-refractivity contribution is 7.86. The summed E-state index contributed by atoms with van der Waals surface area (Å²) in [7, 11) is -1.60. The molecule has 29 heavy (non-hydrogen) atoms. The third-order valence-electron chi connectivity index (χ3n) is 5.04. The van der Waals surface area contributed by atoms with Crippen molar-refractivity contribution >= 4 is 27.6 Å². The van der Waals surface area contributed by atoms with Crippen LogP contribution in [0.4, 0.5) is 4.39 Å². The van der Waals surface area contributed by atoms with Gasteiger partial charge in [-0.3, -0.25) is 23.6 Å². The van der Waals surface area contributed by atoms with E-state index < -0.39 is 32.8 Å². The van der Waals surface area contributed by atoms with Crippen LogP contribution >= 0.6 is 0 Å². The smallest absolute Gasteiger partial charge is 0.261 e. The minimum absolute atomic E-state index is 0.0141. The molecule has 1 amide bonds. The van der Waals surface area contributed by atoms with E-state index in [4.69, 9.17) is 5.21 Å². The van der Waals surface area contributed by atoms with Crippen LogP contribution in [0.2, 0.25) is 0 Å². The van der Waals surface area contributed by atoms with E-state index >= 15 is 0 Å². The maximum Gasteiger partial charge on any atom is 0.261 e. The van der Waals surface area contributed by atoms with Crippen molar-refractivity contribution in [2.24, 2.45) is 0 Å². The highest BCUT2D eigenvalue weighted by Gasteiger charge is 2.37. The van der Waals surface area contributed by atoms with Gasteiger partial charge in [-0.2, -0.15) is 0 Å². The molecule has 0 fully saturated rings.